The number of rotatable bonds is 24. The van der Waals surface area contributed by atoms with Gasteiger partial charge in [0, 0.05) is 73.7 Å². The largest absolute Gasteiger partial charge is 0.143 e. The zero-order chi connectivity index (χ0) is 49.7. The topological polar surface area (TPSA) is 0 Å². The van der Waals surface area contributed by atoms with Crippen molar-refractivity contribution in [2.45, 2.75) is 141 Å². The van der Waals surface area contributed by atoms with E-state index in [1.807, 2.05) is 114 Å². The molecule has 0 radical (unpaired) electrons. The van der Waals surface area contributed by atoms with Crippen molar-refractivity contribution < 1.29 is 0 Å². The number of aryl methyl sites for hydroxylation is 2. The van der Waals surface area contributed by atoms with Crippen molar-refractivity contribution in [2.75, 3.05) is 0 Å². The van der Waals surface area contributed by atoms with Crippen LogP contribution in [-0.4, -0.2) is 0 Å². The highest BCUT2D eigenvalue weighted by Crippen LogP contribution is 2.58. The zero-order valence-corrected chi connectivity index (χ0v) is 50.3. The minimum Gasteiger partial charge on any atom is -0.143 e. The van der Waals surface area contributed by atoms with E-state index < -0.39 is 0 Å². The van der Waals surface area contributed by atoms with Gasteiger partial charge < -0.3 is 0 Å². The first kappa shape index (κ1) is 51.8. The van der Waals surface area contributed by atoms with Gasteiger partial charge >= 0.3 is 0 Å². The Morgan fingerprint density at radius 3 is 1.04 bits per heavy atom. The maximum atomic E-state index is 2.68. The Balaban J connectivity index is 0.883. The van der Waals surface area contributed by atoms with Crippen LogP contribution in [0.1, 0.15) is 126 Å². The van der Waals surface area contributed by atoms with Gasteiger partial charge in [-0.05, 0) is 180 Å². The third-order valence-corrected chi connectivity index (χ3v) is 26.4. The van der Waals surface area contributed by atoms with E-state index >= 15 is 0 Å². The highest BCUT2D eigenvalue weighted by Gasteiger charge is 2.43. The van der Waals surface area contributed by atoms with Gasteiger partial charge in [0.15, 0.2) is 0 Å². The van der Waals surface area contributed by atoms with Crippen LogP contribution in [0.3, 0.4) is 0 Å². The summed E-state index contributed by atoms with van der Waals surface area (Å²) in [6, 6.07) is 47.2. The van der Waals surface area contributed by atoms with E-state index in [1.165, 1.54) is 189 Å². The first-order valence-corrected chi connectivity index (χ1v) is 34.5. The summed E-state index contributed by atoms with van der Waals surface area (Å²) in [6.07, 6.45) is 18.3. The summed E-state index contributed by atoms with van der Waals surface area (Å²) < 4.78 is 2.74. The molecule has 1 aliphatic carbocycles. The van der Waals surface area contributed by atoms with Gasteiger partial charge in [-0.25, -0.2) is 0 Å². The first-order chi connectivity index (χ1) is 35.8. The second kappa shape index (κ2) is 24.0. The smallest absolute Gasteiger partial charge is 0.0653 e. The van der Waals surface area contributed by atoms with Gasteiger partial charge in [0.1, 0.15) is 0 Å². The summed E-state index contributed by atoms with van der Waals surface area (Å²) in [5, 5.41) is 4.34. The molecule has 0 nitrogen and oxygen atoms in total. The maximum absolute atomic E-state index is 2.68. The van der Waals surface area contributed by atoms with E-state index in [1.54, 1.807) is 11.1 Å². The molecule has 0 saturated carbocycles. The van der Waals surface area contributed by atoms with Crippen molar-refractivity contribution in [2.24, 2.45) is 0 Å². The number of hydrogen-bond donors (Lipinski definition) is 0. The molecule has 0 saturated heterocycles. The van der Waals surface area contributed by atoms with Crippen LogP contribution in [0, 0.1) is 13.8 Å². The Hall–Kier alpha value is -3.26. The molecule has 10 heteroatoms. The molecule has 0 fully saturated rings. The van der Waals surface area contributed by atoms with E-state index in [0.29, 0.717) is 0 Å². The molecule has 0 amide bonds. The number of unbranched alkanes of at least 4 members (excludes halogenated alkanes) is 10. The number of fused-ring (bicyclic) bond motifs is 3. The molecule has 0 unspecified atom stereocenters. The molecular formula is C63H62S10. The van der Waals surface area contributed by atoms with Gasteiger partial charge in [-0.3, -0.25) is 0 Å². The van der Waals surface area contributed by atoms with E-state index in [4.69, 9.17) is 0 Å². The van der Waals surface area contributed by atoms with Crippen LogP contribution in [0.4, 0.5) is 0 Å². The first-order valence-electron chi connectivity index (χ1n) is 26.2. The van der Waals surface area contributed by atoms with E-state index in [2.05, 4.69) is 160 Å². The number of benzene rings is 2. The molecule has 2 aromatic carbocycles. The van der Waals surface area contributed by atoms with Crippen LogP contribution < -0.4 is 0 Å². The normalized spacial score (nSPS) is 12.8. The molecular weight excluding hydrogens is 1080 g/mol. The Morgan fingerprint density at radius 2 is 0.685 bits per heavy atom. The minimum atomic E-state index is 0.00444. The molecule has 8 aromatic heterocycles. The molecule has 0 bridgehead atoms. The summed E-state index contributed by atoms with van der Waals surface area (Å²) in [5.41, 5.74) is 8.94. The zero-order valence-electron chi connectivity index (χ0n) is 42.2. The average molecular weight is 1140 g/mol. The van der Waals surface area contributed by atoms with Crippen LogP contribution in [0.15, 0.2) is 150 Å². The average Bonchev–Trinajstić information content (AvgIpc) is 4.24. The van der Waals surface area contributed by atoms with E-state index in [9.17, 15) is 0 Å². The van der Waals surface area contributed by atoms with Crippen LogP contribution >= 0.6 is 114 Å². The Labute approximate surface area is 474 Å². The van der Waals surface area contributed by atoms with Crippen molar-refractivity contribution in [1.29, 1.82) is 0 Å². The highest BCUT2D eigenvalue weighted by atomic mass is 32.2. The van der Waals surface area contributed by atoms with Gasteiger partial charge in [0.25, 0.3) is 0 Å². The fourth-order valence-corrected chi connectivity index (χ4v) is 21.0. The summed E-state index contributed by atoms with van der Waals surface area (Å²) in [6.45, 7) is 9.40. The molecule has 10 aromatic rings. The molecule has 0 N–H and O–H groups in total. The van der Waals surface area contributed by atoms with Crippen LogP contribution in [-0.2, 0) is 5.41 Å². The lowest BCUT2D eigenvalue weighted by Crippen LogP contribution is -2.26. The molecule has 1 aliphatic rings. The molecule has 0 atom stereocenters. The number of thiophene rings is 8. The monoisotopic (exact) mass is 1140 g/mol. The van der Waals surface area contributed by atoms with Crippen LogP contribution in [0.25, 0.3) is 69.7 Å². The fourth-order valence-electron chi connectivity index (χ4n) is 10.5. The van der Waals surface area contributed by atoms with Gasteiger partial charge in [-0.1, -0.05) is 127 Å². The second-order valence-electron chi connectivity index (χ2n) is 19.5. The fraction of sp³-hybridized carbons (Fsp3) is 0.302. The maximum Gasteiger partial charge on any atom is 0.0653 e. The Kier molecular flexibility index (Phi) is 17.0. The lowest BCUT2D eigenvalue weighted by atomic mass is 9.70. The lowest BCUT2D eigenvalue weighted by Gasteiger charge is -2.33. The molecule has 11 rings (SSSR count). The summed E-state index contributed by atoms with van der Waals surface area (Å²) in [7, 11) is 0. The van der Waals surface area contributed by atoms with Crippen molar-refractivity contribution in [3.8, 4) is 69.7 Å². The summed E-state index contributed by atoms with van der Waals surface area (Å²) >= 11 is 19.2. The van der Waals surface area contributed by atoms with Gasteiger partial charge in [-0.2, -0.15) is 0 Å². The standard InChI is InChI=1S/C63H62S10/c1-5-7-9-11-13-15-33-63(34-16-14-12-10-8-6-2)45-39-59(72-61-31-29-57(70-61)55-27-25-53(68-55)51-23-21-49(66-51)47-19-17-35-64-47)41(3)37-43(45)44-38-42(4)60(40-46(44)63)73-62-32-30-58(71-62)56-28-26-54(69-56)52-24-22-50(67-52)48-20-18-36-65-48/h17-32,35-40H,5-16,33-34H2,1-4H3. The van der Waals surface area contributed by atoms with Crippen LogP contribution in [0.2, 0.25) is 0 Å². The lowest BCUT2D eigenvalue weighted by molar-refractivity contribution is 0.397. The van der Waals surface area contributed by atoms with Crippen molar-refractivity contribution >= 4 is 114 Å². The highest BCUT2D eigenvalue weighted by molar-refractivity contribution is 8.01. The SMILES string of the molecule is CCCCCCCCC1(CCCCCCCC)c2cc(Sc3ccc(-c4ccc(-c5ccc(-c6cccs6)s5)s4)s3)c(C)cc2-c2cc(C)c(Sc3ccc(-c4ccc(-c5ccc(-c6cccs6)s5)s4)s3)cc21. The second-order valence-corrected chi connectivity index (χ2v) is 30.6. The Bertz CT molecular complexity index is 3150. The third-order valence-electron chi connectivity index (χ3n) is 14.4. The predicted molar refractivity (Wildman–Crippen MR) is 335 cm³/mol. The molecule has 8 heterocycles. The van der Waals surface area contributed by atoms with Crippen molar-refractivity contribution in [3.63, 3.8) is 0 Å². The van der Waals surface area contributed by atoms with Gasteiger partial charge in [0.05, 0.1) is 8.42 Å². The predicted octanol–water partition coefficient (Wildman–Crippen LogP) is 24.9. The molecule has 0 aliphatic heterocycles. The van der Waals surface area contributed by atoms with Gasteiger partial charge in [-0.15, -0.1) is 90.7 Å². The molecule has 0 spiro atoms. The molecule has 374 valence electrons. The minimum absolute atomic E-state index is 0.00444. The van der Waals surface area contributed by atoms with E-state index in [0.717, 1.165) is 0 Å². The quantitative estimate of drug-likeness (QED) is 0.0553. The summed E-state index contributed by atoms with van der Waals surface area (Å²) in [4.78, 5) is 19.1. The third kappa shape index (κ3) is 11.6. The summed E-state index contributed by atoms with van der Waals surface area (Å²) in [5.74, 6) is 0. The van der Waals surface area contributed by atoms with Gasteiger partial charge in [0.2, 0.25) is 0 Å². The number of hydrogen-bond acceptors (Lipinski definition) is 10. The Morgan fingerprint density at radius 1 is 0.356 bits per heavy atom. The van der Waals surface area contributed by atoms with E-state index in [-0.39, 0.29) is 5.41 Å². The molecule has 73 heavy (non-hydrogen) atoms. The van der Waals surface area contributed by atoms with Crippen molar-refractivity contribution in [3.05, 3.63) is 154 Å². The van der Waals surface area contributed by atoms with Crippen molar-refractivity contribution in [1.82, 2.24) is 0 Å². The van der Waals surface area contributed by atoms with Crippen LogP contribution in [0.5, 0.6) is 0 Å².